The predicted molar refractivity (Wildman–Crippen MR) is 98.4 cm³/mol. The number of aryl methyl sites for hydroxylation is 2. The maximum Gasteiger partial charge on any atom is 0.303 e. The van der Waals surface area contributed by atoms with Gasteiger partial charge in [-0.2, -0.15) is 5.10 Å². The van der Waals surface area contributed by atoms with E-state index in [1.807, 2.05) is 35.9 Å². The van der Waals surface area contributed by atoms with Gasteiger partial charge in [0.2, 0.25) is 0 Å². The van der Waals surface area contributed by atoms with Crippen molar-refractivity contribution < 1.29 is 14.6 Å². The summed E-state index contributed by atoms with van der Waals surface area (Å²) in [5.74, 6) is -0.0266. The lowest BCUT2D eigenvalue weighted by Gasteiger charge is -2.20. The molecule has 1 aromatic heterocycles. The van der Waals surface area contributed by atoms with Gasteiger partial charge in [0, 0.05) is 22.7 Å². The second-order valence-electron chi connectivity index (χ2n) is 7.43. The molecular weight excluding hydrogens is 340 g/mol. The standard InChI is InChI=1S/C19H25ClN2O3/c1-13-9-16(6-8-18(23)24)21-22(13)11-14-10-15(20)5-7-17(14)25-12-19(2,3)4/h5,7,9-10H,6,8,11-12H2,1-4H3,(H,23,24). The quantitative estimate of drug-likeness (QED) is 0.793. The first kappa shape index (κ1) is 19.3. The number of carboxylic acid groups (broad SMARTS) is 1. The van der Waals surface area contributed by atoms with Crippen molar-refractivity contribution in [3.8, 4) is 5.75 Å². The van der Waals surface area contributed by atoms with Gasteiger partial charge in [-0.05, 0) is 36.6 Å². The van der Waals surface area contributed by atoms with Crippen LogP contribution in [0.3, 0.4) is 0 Å². The Labute approximate surface area is 153 Å². The van der Waals surface area contributed by atoms with Gasteiger partial charge < -0.3 is 9.84 Å². The fourth-order valence-corrected chi connectivity index (χ4v) is 2.56. The summed E-state index contributed by atoms with van der Waals surface area (Å²) in [5.41, 5.74) is 2.76. The molecule has 1 N–H and O–H groups in total. The van der Waals surface area contributed by atoms with E-state index in [0.29, 0.717) is 24.6 Å². The molecule has 25 heavy (non-hydrogen) atoms. The summed E-state index contributed by atoms with van der Waals surface area (Å²) in [6.07, 6.45) is 0.500. The van der Waals surface area contributed by atoms with Crippen LogP contribution in [0, 0.1) is 12.3 Å². The fourth-order valence-electron chi connectivity index (χ4n) is 2.36. The molecule has 1 heterocycles. The van der Waals surface area contributed by atoms with Crippen molar-refractivity contribution in [3.05, 3.63) is 46.2 Å². The van der Waals surface area contributed by atoms with Gasteiger partial charge in [-0.15, -0.1) is 0 Å². The number of carboxylic acids is 1. The molecule has 0 spiro atoms. The first-order valence-electron chi connectivity index (χ1n) is 8.30. The Morgan fingerprint density at radius 2 is 2.04 bits per heavy atom. The zero-order chi connectivity index (χ0) is 18.6. The maximum atomic E-state index is 10.7. The zero-order valence-corrected chi connectivity index (χ0v) is 15.9. The van der Waals surface area contributed by atoms with Crippen LogP contribution in [-0.4, -0.2) is 27.5 Å². The fraction of sp³-hybridized carbons (Fsp3) is 0.474. The number of hydrogen-bond donors (Lipinski definition) is 1. The maximum absolute atomic E-state index is 10.7. The summed E-state index contributed by atoms with van der Waals surface area (Å²) >= 11 is 6.15. The van der Waals surface area contributed by atoms with Crippen LogP contribution in [0.5, 0.6) is 5.75 Å². The Morgan fingerprint density at radius 3 is 2.68 bits per heavy atom. The van der Waals surface area contributed by atoms with Crippen LogP contribution < -0.4 is 4.74 Å². The first-order valence-corrected chi connectivity index (χ1v) is 8.68. The Hall–Kier alpha value is -2.01. The van der Waals surface area contributed by atoms with E-state index in [1.165, 1.54) is 0 Å². The van der Waals surface area contributed by atoms with Gasteiger partial charge >= 0.3 is 5.97 Å². The van der Waals surface area contributed by atoms with E-state index in [-0.39, 0.29) is 11.8 Å². The number of benzene rings is 1. The number of rotatable bonds is 7. The second kappa shape index (κ2) is 7.91. The summed E-state index contributed by atoms with van der Waals surface area (Å²) in [4.78, 5) is 10.7. The zero-order valence-electron chi connectivity index (χ0n) is 15.2. The highest BCUT2D eigenvalue weighted by molar-refractivity contribution is 6.30. The summed E-state index contributed by atoms with van der Waals surface area (Å²) in [6.45, 7) is 9.44. The minimum atomic E-state index is -0.820. The summed E-state index contributed by atoms with van der Waals surface area (Å²) in [7, 11) is 0. The van der Waals surface area contributed by atoms with Crippen LogP contribution >= 0.6 is 11.6 Å². The molecule has 0 saturated heterocycles. The largest absolute Gasteiger partial charge is 0.493 e. The lowest BCUT2D eigenvalue weighted by Crippen LogP contribution is -2.18. The van der Waals surface area contributed by atoms with E-state index in [4.69, 9.17) is 21.4 Å². The van der Waals surface area contributed by atoms with Crippen molar-refractivity contribution in [2.75, 3.05) is 6.61 Å². The molecule has 0 aliphatic carbocycles. The van der Waals surface area contributed by atoms with Crippen LogP contribution in [-0.2, 0) is 17.8 Å². The van der Waals surface area contributed by atoms with E-state index < -0.39 is 5.97 Å². The molecule has 0 amide bonds. The molecular formula is C19H25ClN2O3. The van der Waals surface area contributed by atoms with Gasteiger partial charge in [0.25, 0.3) is 0 Å². The highest BCUT2D eigenvalue weighted by Crippen LogP contribution is 2.26. The van der Waals surface area contributed by atoms with Crippen molar-refractivity contribution in [1.82, 2.24) is 9.78 Å². The Bertz CT molecular complexity index is 748. The Balaban J connectivity index is 2.18. The van der Waals surface area contributed by atoms with Crippen molar-refractivity contribution in [1.29, 1.82) is 0 Å². The summed E-state index contributed by atoms with van der Waals surface area (Å²) in [5, 5.41) is 14.0. The van der Waals surface area contributed by atoms with Gasteiger partial charge in [0.05, 0.1) is 25.3 Å². The number of aromatic nitrogens is 2. The van der Waals surface area contributed by atoms with Gasteiger partial charge in [-0.25, -0.2) is 0 Å². The topological polar surface area (TPSA) is 64.3 Å². The molecule has 0 unspecified atom stereocenters. The van der Waals surface area contributed by atoms with Gasteiger partial charge in [-0.3, -0.25) is 9.48 Å². The van der Waals surface area contributed by atoms with Gasteiger partial charge in [0.15, 0.2) is 0 Å². The monoisotopic (exact) mass is 364 g/mol. The normalized spacial score (nSPS) is 11.6. The molecule has 0 aliphatic rings. The molecule has 136 valence electrons. The van der Waals surface area contributed by atoms with E-state index in [2.05, 4.69) is 25.9 Å². The van der Waals surface area contributed by atoms with E-state index >= 15 is 0 Å². The van der Waals surface area contributed by atoms with Crippen LogP contribution in [0.4, 0.5) is 0 Å². The van der Waals surface area contributed by atoms with E-state index in [1.54, 1.807) is 0 Å². The number of hydrogen-bond acceptors (Lipinski definition) is 3. The third kappa shape index (κ3) is 6.09. The molecule has 2 aromatic rings. The number of halogens is 1. The van der Waals surface area contributed by atoms with Crippen molar-refractivity contribution in [3.63, 3.8) is 0 Å². The van der Waals surface area contributed by atoms with E-state index in [9.17, 15) is 4.79 Å². The lowest BCUT2D eigenvalue weighted by atomic mass is 9.98. The van der Waals surface area contributed by atoms with Crippen molar-refractivity contribution in [2.24, 2.45) is 5.41 Å². The highest BCUT2D eigenvalue weighted by Gasteiger charge is 2.14. The predicted octanol–water partition coefficient (Wildman–Crippen LogP) is 4.34. The molecule has 6 heteroatoms. The molecule has 5 nitrogen and oxygen atoms in total. The third-order valence-corrected chi connectivity index (χ3v) is 3.87. The number of ether oxygens (including phenoxy) is 1. The molecule has 0 bridgehead atoms. The van der Waals surface area contributed by atoms with Crippen LogP contribution in [0.15, 0.2) is 24.3 Å². The molecule has 2 rings (SSSR count). The number of aliphatic carboxylic acids is 1. The number of nitrogens with zero attached hydrogens (tertiary/aromatic N) is 2. The summed E-state index contributed by atoms with van der Waals surface area (Å²) in [6, 6.07) is 7.51. The smallest absolute Gasteiger partial charge is 0.303 e. The van der Waals surface area contributed by atoms with Crippen molar-refractivity contribution in [2.45, 2.75) is 47.1 Å². The molecule has 1 aromatic carbocycles. The average molecular weight is 365 g/mol. The molecule has 0 radical (unpaired) electrons. The Kier molecular flexibility index (Phi) is 6.11. The lowest BCUT2D eigenvalue weighted by molar-refractivity contribution is -0.136. The van der Waals surface area contributed by atoms with Gasteiger partial charge in [0.1, 0.15) is 5.75 Å². The minimum absolute atomic E-state index is 0.0581. The average Bonchev–Trinajstić information content (AvgIpc) is 2.84. The third-order valence-electron chi connectivity index (χ3n) is 3.63. The van der Waals surface area contributed by atoms with Crippen LogP contribution in [0.25, 0.3) is 0 Å². The number of carbonyl (C=O) groups is 1. The minimum Gasteiger partial charge on any atom is -0.493 e. The molecule has 0 saturated carbocycles. The summed E-state index contributed by atoms with van der Waals surface area (Å²) < 4.78 is 7.83. The van der Waals surface area contributed by atoms with Crippen LogP contribution in [0.1, 0.15) is 44.1 Å². The molecule has 0 atom stereocenters. The molecule has 0 fully saturated rings. The Morgan fingerprint density at radius 1 is 1.32 bits per heavy atom. The highest BCUT2D eigenvalue weighted by atomic mass is 35.5. The van der Waals surface area contributed by atoms with Crippen molar-refractivity contribution >= 4 is 17.6 Å². The first-order chi connectivity index (χ1) is 11.6. The van der Waals surface area contributed by atoms with Crippen LogP contribution in [0.2, 0.25) is 5.02 Å². The second-order valence-corrected chi connectivity index (χ2v) is 7.87. The SMILES string of the molecule is Cc1cc(CCC(=O)O)nn1Cc1cc(Cl)ccc1OCC(C)(C)C. The van der Waals surface area contributed by atoms with Gasteiger partial charge in [-0.1, -0.05) is 32.4 Å². The van der Waals surface area contributed by atoms with E-state index in [0.717, 1.165) is 22.7 Å². The molecule has 0 aliphatic heterocycles.